The summed E-state index contributed by atoms with van der Waals surface area (Å²) in [4.78, 5) is 12.3. The zero-order valence-corrected chi connectivity index (χ0v) is 17.8. The number of rotatable bonds is 6. The monoisotopic (exact) mass is 517 g/mol. The Hall–Kier alpha value is 0.0800. The third-order valence-electron chi connectivity index (χ3n) is 3.08. The molecule has 0 saturated carbocycles. The third-order valence-corrected chi connectivity index (χ3v) is 8.40. The second-order valence-corrected chi connectivity index (χ2v) is 15.4. The second kappa shape index (κ2) is 8.26. The highest BCUT2D eigenvalue weighted by Crippen LogP contribution is 2.43. The van der Waals surface area contributed by atoms with Crippen LogP contribution in [0.3, 0.4) is 0 Å². The number of halogens is 3. The van der Waals surface area contributed by atoms with Gasteiger partial charge < -0.3 is 5.32 Å². The van der Waals surface area contributed by atoms with Gasteiger partial charge in [0, 0.05) is 11.6 Å². The van der Waals surface area contributed by atoms with Crippen LogP contribution in [0.2, 0.25) is 0 Å². The fourth-order valence-corrected chi connectivity index (χ4v) is 4.32. The van der Waals surface area contributed by atoms with Crippen molar-refractivity contribution in [2.45, 2.75) is 45.5 Å². The fourth-order valence-electron chi connectivity index (χ4n) is 1.83. The van der Waals surface area contributed by atoms with Crippen LogP contribution in [0.5, 0.6) is 0 Å². The normalized spacial score (nSPS) is 13.7. The molecule has 0 heterocycles. The zero-order valence-electron chi connectivity index (χ0n) is 12.3. The number of carbonyl (C=O) groups is 1. The molecular weight excluding hydrogens is 502 g/mol. The van der Waals surface area contributed by atoms with E-state index in [0.717, 1.165) is 19.3 Å². The summed E-state index contributed by atoms with van der Waals surface area (Å²) < 4.78 is 23.2. The number of amides is 1. The highest BCUT2D eigenvalue weighted by molar-refractivity contribution is 9.42. The summed E-state index contributed by atoms with van der Waals surface area (Å²) in [5.41, 5.74) is 0.321. The van der Waals surface area contributed by atoms with E-state index in [1.54, 1.807) is 12.1 Å². The van der Waals surface area contributed by atoms with Gasteiger partial charge in [0.1, 0.15) is 0 Å². The lowest BCUT2D eigenvalue weighted by Crippen LogP contribution is -2.32. The van der Waals surface area contributed by atoms with Gasteiger partial charge in [-0.1, -0.05) is 25.8 Å². The standard InChI is InChI=1S/C14H18Br3NO3S/c1-3-4-6-10(2)18-13(19)11-7-5-8-12(9-11)22(20,21)14(15,16)17/h5,7-10H,3-4,6H2,1-2H3,(H,18,19). The van der Waals surface area contributed by atoms with Crippen LogP contribution in [-0.2, 0) is 9.84 Å². The summed E-state index contributed by atoms with van der Waals surface area (Å²) >= 11 is 9.04. The summed E-state index contributed by atoms with van der Waals surface area (Å²) in [5, 5.41) is 2.88. The SMILES string of the molecule is CCCCC(C)NC(=O)c1cccc(S(=O)(=O)C(Br)(Br)Br)c1. The molecule has 0 bridgehead atoms. The van der Waals surface area contributed by atoms with Crippen molar-refractivity contribution < 1.29 is 13.2 Å². The molecule has 0 radical (unpaired) electrons. The molecule has 0 aliphatic rings. The molecule has 8 heteroatoms. The van der Waals surface area contributed by atoms with E-state index >= 15 is 0 Å². The van der Waals surface area contributed by atoms with Crippen molar-refractivity contribution in [3.8, 4) is 0 Å². The highest BCUT2D eigenvalue weighted by Gasteiger charge is 2.37. The van der Waals surface area contributed by atoms with Gasteiger partial charge in [0.2, 0.25) is 11.3 Å². The quantitative estimate of drug-likeness (QED) is 0.560. The first-order chi connectivity index (χ1) is 10.1. The number of alkyl halides is 3. The lowest BCUT2D eigenvalue weighted by Gasteiger charge is -2.16. The van der Waals surface area contributed by atoms with E-state index in [2.05, 4.69) is 60.0 Å². The van der Waals surface area contributed by atoms with Crippen molar-refractivity contribution in [2.24, 2.45) is 0 Å². The smallest absolute Gasteiger partial charge is 0.251 e. The maximum atomic E-state index is 12.3. The summed E-state index contributed by atoms with van der Waals surface area (Å²) in [7, 11) is -3.71. The van der Waals surface area contributed by atoms with E-state index in [0.29, 0.717) is 5.56 Å². The molecule has 1 rings (SSSR count). The van der Waals surface area contributed by atoms with E-state index in [4.69, 9.17) is 0 Å². The van der Waals surface area contributed by atoms with Crippen molar-refractivity contribution in [1.82, 2.24) is 5.32 Å². The van der Waals surface area contributed by atoms with Gasteiger partial charge in [-0.3, -0.25) is 4.79 Å². The number of carbonyl (C=O) groups excluding carboxylic acids is 1. The summed E-state index contributed by atoms with van der Waals surface area (Å²) in [6, 6.07) is 6.02. The highest BCUT2D eigenvalue weighted by atomic mass is 80.0. The molecule has 124 valence electrons. The van der Waals surface area contributed by atoms with Gasteiger partial charge in [0.25, 0.3) is 5.91 Å². The van der Waals surface area contributed by atoms with Crippen LogP contribution >= 0.6 is 47.8 Å². The molecule has 0 spiro atoms. The van der Waals surface area contributed by atoms with E-state index in [1.807, 2.05) is 6.92 Å². The van der Waals surface area contributed by atoms with Crippen molar-refractivity contribution in [3.05, 3.63) is 29.8 Å². The predicted octanol–water partition coefficient (Wildman–Crippen LogP) is 4.56. The first kappa shape index (κ1) is 20.1. The number of hydrogen-bond acceptors (Lipinski definition) is 3. The fraction of sp³-hybridized carbons (Fsp3) is 0.500. The number of hydrogen-bond donors (Lipinski definition) is 1. The Morgan fingerprint density at radius 2 is 1.95 bits per heavy atom. The van der Waals surface area contributed by atoms with Crippen LogP contribution < -0.4 is 5.32 Å². The van der Waals surface area contributed by atoms with Crippen molar-refractivity contribution in [1.29, 1.82) is 0 Å². The molecule has 1 atom stereocenters. The van der Waals surface area contributed by atoms with Crippen molar-refractivity contribution in [2.75, 3.05) is 0 Å². The van der Waals surface area contributed by atoms with E-state index in [1.165, 1.54) is 12.1 Å². The van der Waals surface area contributed by atoms with Crippen LogP contribution in [-0.4, -0.2) is 21.8 Å². The summed E-state index contributed by atoms with van der Waals surface area (Å²) in [6.45, 7) is 4.03. The molecule has 1 N–H and O–H groups in total. The number of sulfone groups is 1. The molecule has 1 unspecified atom stereocenters. The maximum Gasteiger partial charge on any atom is 0.251 e. The van der Waals surface area contributed by atoms with Crippen LogP contribution in [0, 0.1) is 0 Å². The van der Waals surface area contributed by atoms with Crippen LogP contribution in [0.15, 0.2) is 29.2 Å². The van der Waals surface area contributed by atoms with E-state index < -0.39 is 11.3 Å². The molecule has 0 saturated heterocycles. The van der Waals surface area contributed by atoms with Crippen LogP contribution in [0.1, 0.15) is 43.5 Å². The van der Waals surface area contributed by atoms with Crippen molar-refractivity contribution in [3.63, 3.8) is 0 Å². The third kappa shape index (κ3) is 5.32. The Morgan fingerprint density at radius 3 is 2.50 bits per heavy atom. The lowest BCUT2D eigenvalue weighted by atomic mass is 10.1. The number of nitrogens with one attached hydrogen (secondary N) is 1. The zero-order chi connectivity index (χ0) is 17.0. The Morgan fingerprint density at radius 1 is 1.32 bits per heavy atom. The Balaban J connectivity index is 2.96. The van der Waals surface area contributed by atoms with Gasteiger partial charge >= 0.3 is 0 Å². The Kier molecular flexibility index (Phi) is 7.56. The molecule has 0 aliphatic carbocycles. The number of unbranched alkanes of at least 4 members (excludes halogenated alkanes) is 1. The van der Waals surface area contributed by atoms with Gasteiger partial charge in [-0.05, 0) is 79.3 Å². The molecule has 0 aromatic heterocycles. The minimum absolute atomic E-state index is 0.0481. The minimum atomic E-state index is -3.71. The molecule has 0 aliphatic heterocycles. The maximum absolute atomic E-state index is 12.3. The lowest BCUT2D eigenvalue weighted by molar-refractivity contribution is 0.0937. The predicted molar refractivity (Wildman–Crippen MR) is 99.6 cm³/mol. The Bertz CT molecular complexity index is 626. The van der Waals surface area contributed by atoms with Gasteiger partial charge in [-0.15, -0.1) is 0 Å². The van der Waals surface area contributed by atoms with Gasteiger partial charge in [0.15, 0.2) is 0 Å². The number of benzene rings is 1. The largest absolute Gasteiger partial charge is 0.350 e. The van der Waals surface area contributed by atoms with Gasteiger partial charge in [-0.2, -0.15) is 0 Å². The van der Waals surface area contributed by atoms with Gasteiger partial charge in [-0.25, -0.2) is 8.42 Å². The molecule has 4 nitrogen and oxygen atoms in total. The average Bonchev–Trinajstić information content (AvgIpc) is 2.44. The van der Waals surface area contributed by atoms with Crippen LogP contribution in [0.4, 0.5) is 0 Å². The topological polar surface area (TPSA) is 63.2 Å². The molecule has 1 aromatic carbocycles. The minimum Gasteiger partial charge on any atom is -0.350 e. The molecule has 0 fully saturated rings. The average molecular weight is 520 g/mol. The second-order valence-electron chi connectivity index (χ2n) is 4.99. The van der Waals surface area contributed by atoms with E-state index in [9.17, 15) is 13.2 Å². The molecule has 22 heavy (non-hydrogen) atoms. The first-order valence-electron chi connectivity index (χ1n) is 6.82. The van der Waals surface area contributed by atoms with Gasteiger partial charge in [0.05, 0.1) is 4.90 Å². The Labute approximate surface area is 156 Å². The molecule has 1 amide bonds. The van der Waals surface area contributed by atoms with Crippen molar-refractivity contribution >= 4 is 63.5 Å². The molecular formula is C14H18Br3NO3S. The molecule has 1 aromatic rings. The van der Waals surface area contributed by atoms with E-state index in [-0.39, 0.29) is 16.8 Å². The summed E-state index contributed by atoms with van der Waals surface area (Å²) in [5.74, 6) is -0.273. The summed E-state index contributed by atoms with van der Waals surface area (Å²) in [6.07, 6.45) is 3.00. The first-order valence-corrected chi connectivity index (χ1v) is 10.7. The van der Waals surface area contributed by atoms with Crippen LogP contribution in [0.25, 0.3) is 0 Å².